The third kappa shape index (κ3) is 21.4. The molecular formula is C55H47Br3Cl3FN10O3S3. The van der Waals surface area contributed by atoms with Gasteiger partial charge >= 0.3 is 0 Å². The summed E-state index contributed by atoms with van der Waals surface area (Å²) in [4.78, 5) is 45.7. The highest BCUT2D eigenvalue weighted by atomic mass is 79.9. The van der Waals surface area contributed by atoms with Gasteiger partial charge in [0.25, 0.3) is 17.7 Å². The summed E-state index contributed by atoms with van der Waals surface area (Å²) in [5, 5.41) is 26.7. The first-order valence-corrected chi connectivity index (χ1v) is 29.3. The molecule has 23 heteroatoms. The van der Waals surface area contributed by atoms with Crippen molar-refractivity contribution in [3.63, 3.8) is 0 Å². The Hall–Kier alpha value is -5.86. The van der Waals surface area contributed by atoms with E-state index in [1.165, 1.54) is 53.5 Å². The van der Waals surface area contributed by atoms with E-state index in [0.717, 1.165) is 46.9 Å². The third-order valence-electron chi connectivity index (χ3n) is 10.4. The maximum Gasteiger partial charge on any atom is 0.251 e. The van der Waals surface area contributed by atoms with Crippen molar-refractivity contribution in [2.24, 2.45) is 27.2 Å². The van der Waals surface area contributed by atoms with Gasteiger partial charge in [-0.2, -0.15) is 5.26 Å². The number of nitriles is 1. The fourth-order valence-electron chi connectivity index (χ4n) is 6.55. The number of amidine groups is 3. The van der Waals surface area contributed by atoms with Crippen molar-refractivity contribution in [3.05, 3.63) is 230 Å². The molecule has 0 aliphatic heterocycles. The lowest BCUT2D eigenvalue weighted by Crippen LogP contribution is -2.24. The summed E-state index contributed by atoms with van der Waals surface area (Å²) in [6.07, 6.45) is 0. The first-order valence-electron chi connectivity index (χ1n) is 22.8. The molecule has 0 aliphatic rings. The van der Waals surface area contributed by atoms with Crippen LogP contribution in [0.1, 0.15) is 64.5 Å². The van der Waals surface area contributed by atoms with Gasteiger partial charge in [-0.3, -0.25) is 19.8 Å². The van der Waals surface area contributed by atoms with Crippen LogP contribution in [-0.4, -0.2) is 40.3 Å². The summed E-state index contributed by atoms with van der Waals surface area (Å²) in [5.41, 5.74) is 25.0. The molecule has 78 heavy (non-hydrogen) atoms. The van der Waals surface area contributed by atoms with E-state index in [2.05, 4.69) is 79.8 Å². The van der Waals surface area contributed by atoms with E-state index >= 15 is 0 Å². The average molecular weight is 1360 g/mol. The summed E-state index contributed by atoms with van der Waals surface area (Å²) in [6.45, 7) is 0.804. The van der Waals surface area contributed by atoms with Crippen LogP contribution in [0.3, 0.4) is 0 Å². The molecule has 13 nitrogen and oxygen atoms in total. The summed E-state index contributed by atoms with van der Waals surface area (Å²) in [5.74, 6) is 0.273. The van der Waals surface area contributed by atoms with Gasteiger partial charge in [0.15, 0.2) is 15.5 Å². The minimum Gasteiger partial charge on any atom is -0.379 e. The second-order valence-electron chi connectivity index (χ2n) is 16.0. The molecule has 0 saturated carbocycles. The molecule has 0 heterocycles. The van der Waals surface area contributed by atoms with E-state index in [1.54, 1.807) is 61.6 Å². The molecule has 7 aromatic carbocycles. The minimum absolute atomic E-state index is 0.0225. The van der Waals surface area contributed by atoms with Crippen molar-refractivity contribution in [2.45, 2.75) is 30.3 Å². The Morgan fingerprint density at radius 3 is 1.46 bits per heavy atom. The van der Waals surface area contributed by atoms with Crippen molar-refractivity contribution >= 4 is 162 Å². The van der Waals surface area contributed by atoms with Crippen LogP contribution >= 0.6 is 118 Å². The van der Waals surface area contributed by atoms with E-state index in [9.17, 15) is 18.8 Å². The van der Waals surface area contributed by atoms with Gasteiger partial charge in [0.2, 0.25) is 0 Å². The smallest absolute Gasteiger partial charge is 0.251 e. The van der Waals surface area contributed by atoms with Crippen LogP contribution in [0.2, 0.25) is 15.1 Å². The number of thioether (sulfide) groups is 3. The zero-order valence-corrected chi connectivity index (χ0v) is 50.5. The standard InChI is InChI=1S/C22H17BrCl2FN3OS.C17H15BrN4OS.C16H15BrClN3OS/c23-15-3-7-18(21(30)28-11-13-1-4-16(24)5-2-13)14(9-15)12-31-22(27)29-17-6-8-20(26)19(25)10-17;1-21-16(23)15-7-2-11(9-19)8-12(15)10-24-17(20)22-14-5-3-13(18)4-6-14;17-12-3-6-14(11(7-12)9-23-16(19)20)15(22)21-8-10-1-4-13(18)5-2-10/h1-10H,11-12H2,(H2,27,29)(H,28,30);2-8H,10H2,1H3,(H2,20,22)(H,21,23);1-7H,8-9H2,(H3,19,20)(H,21,22). The molecular weight excluding hydrogens is 1310 g/mol. The monoisotopic (exact) mass is 1350 g/mol. The molecule has 0 fully saturated rings. The zero-order valence-electron chi connectivity index (χ0n) is 41.1. The first-order chi connectivity index (χ1) is 37.3. The van der Waals surface area contributed by atoms with Gasteiger partial charge in [0.05, 0.1) is 28.0 Å². The summed E-state index contributed by atoms with van der Waals surface area (Å²) < 4.78 is 16.0. The first kappa shape index (κ1) is 63.0. The van der Waals surface area contributed by atoms with Crippen LogP contribution in [0.25, 0.3) is 0 Å². The number of aliphatic imine (C=N–C) groups is 2. The number of carbonyl (C=O) groups excluding carboxylic acids is 3. The second kappa shape index (κ2) is 32.3. The number of amides is 3. The molecule has 7 rings (SSSR count). The lowest BCUT2D eigenvalue weighted by Gasteiger charge is -2.11. The highest BCUT2D eigenvalue weighted by molar-refractivity contribution is 9.11. The quantitative estimate of drug-likeness (QED) is 0.0379. The van der Waals surface area contributed by atoms with Crippen LogP contribution < -0.4 is 33.2 Å². The molecule has 0 unspecified atom stereocenters. The second-order valence-corrected chi connectivity index (χ2v) is 23.0. The fourth-order valence-corrected chi connectivity index (χ4v) is 10.0. The topological polar surface area (TPSA) is 238 Å². The Kier molecular flexibility index (Phi) is 26.1. The van der Waals surface area contributed by atoms with Gasteiger partial charge in [0, 0.05) is 77.5 Å². The number of rotatable bonds is 15. The van der Waals surface area contributed by atoms with Gasteiger partial charge in [-0.25, -0.2) is 14.4 Å². The number of nitrogens with one attached hydrogen (secondary N) is 4. The van der Waals surface area contributed by atoms with E-state index in [4.69, 9.17) is 62.7 Å². The molecule has 0 atom stereocenters. The Morgan fingerprint density at radius 2 is 1.00 bits per heavy atom. The lowest BCUT2D eigenvalue weighted by molar-refractivity contribution is 0.0942. The van der Waals surface area contributed by atoms with Gasteiger partial charge in [-0.1, -0.05) is 142 Å². The molecule has 3 amide bonds. The minimum atomic E-state index is -0.518. The number of nitrogens with two attached hydrogens (primary N) is 3. The fraction of sp³-hybridized carbons (Fsp3) is 0.109. The number of hydrogen-bond donors (Lipinski definition) is 7. The number of nitrogens with zero attached hydrogens (tertiary/aromatic N) is 3. The molecule has 0 radical (unpaired) electrons. The van der Waals surface area contributed by atoms with Crippen LogP contribution in [0.4, 0.5) is 15.8 Å². The van der Waals surface area contributed by atoms with Crippen LogP contribution in [0.15, 0.2) is 169 Å². The highest BCUT2D eigenvalue weighted by Gasteiger charge is 2.16. The molecule has 0 saturated heterocycles. The van der Waals surface area contributed by atoms with Crippen molar-refractivity contribution in [1.82, 2.24) is 16.0 Å². The number of benzene rings is 7. The van der Waals surface area contributed by atoms with Crippen molar-refractivity contribution in [3.8, 4) is 6.07 Å². The maximum absolute atomic E-state index is 13.3. The summed E-state index contributed by atoms with van der Waals surface area (Å²) >= 11 is 31.5. The van der Waals surface area contributed by atoms with E-state index in [0.29, 0.717) is 73.5 Å². The average Bonchev–Trinajstić information content (AvgIpc) is 3.43. The predicted molar refractivity (Wildman–Crippen MR) is 332 cm³/mol. The van der Waals surface area contributed by atoms with Crippen molar-refractivity contribution in [1.29, 1.82) is 10.7 Å². The SMILES string of the molecule is CNC(=O)c1ccc(C#N)cc1CSC(N)=Nc1ccc(Br)cc1.N=C(N)SCc1cc(Br)ccc1C(=O)NCc1ccc(Cl)cc1.NC(=Nc1ccc(F)c(Cl)c1)SCc1cc(Br)ccc1C(=O)NCc1ccc(Cl)cc1. The zero-order chi connectivity index (χ0) is 56.7. The summed E-state index contributed by atoms with van der Waals surface area (Å²) in [6, 6.07) is 44.1. The molecule has 0 aromatic heterocycles. The van der Waals surface area contributed by atoms with E-state index in [-0.39, 0.29) is 33.1 Å². The predicted octanol–water partition coefficient (Wildman–Crippen LogP) is 14.4. The Bertz CT molecular complexity index is 3360. The Morgan fingerprint density at radius 1 is 0.577 bits per heavy atom. The van der Waals surface area contributed by atoms with Crippen molar-refractivity contribution < 1.29 is 18.8 Å². The lowest BCUT2D eigenvalue weighted by atomic mass is 10.1. The molecule has 0 spiro atoms. The van der Waals surface area contributed by atoms with Crippen LogP contribution in [0, 0.1) is 22.6 Å². The highest BCUT2D eigenvalue weighted by Crippen LogP contribution is 2.27. The van der Waals surface area contributed by atoms with Gasteiger partial charge in [0.1, 0.15) is 5.82 Å². The molecule has 7 aromatic rings. The number of halogens is 7. The normalized spacial score (nSPS) is 11.0. The number of hydrogen-bond acceptors (Lipinski definition) is 10. The molecule has 402 valence electrons. The van der Waals surface area contributed by atoms with E-state index < -0.39 is 5.82 Å². The molecule has 0 aliphatic carbocycles. The van der Waals surface area contributed by atoms with E-state index in [1.807, 2.05) is 72.8 Å². The van der Waals surface area contributed by atoms with Crippen molar-refractivity contribution in [2.75, 3.05) is 7.05 Å². The molecule has 10 N–H and O–H groups in total. The summed E-state index contributed by atoms with van der Waals surface area (Å²) in [7, 11) is 1.57. The Balaban J connectivity index is 0.000000219. The van der Waals surface area contributed by atoms with Crippen LogP contribution in [0.5, 0.6) is 0 Å². The van der Waals surface area contributed by atoms with Gasteiger partial charge < -0.3 is 33.2 Å². The number of carbonyl (C=O) groups is 3. The largest absolute Gasteiger partial charge is 0.379 e. The molecule has 0 bridgehead atoms. The maximum atomic E-state index is 13.3. The van der Waals surface area contributed by atoms with Gasteiger partial charge in [-0.05, 0) is 149 Å². The third-order valence-corrected chi connectivity index (χ3v) is 15.2. The van der Waals surface area contributed by atoms with Crippen LogP contribution in [-0.2, 0) is 30.3 Å². The van der Waals surface area contributed by atoms with Gasteiger partial charge in [-0.15, -0.1) is 0 Å². The Labute approximate surface area is 504 Å².